The highest BCUT2D eigenvalue weighted by Gasteiger charge is 2.08. The maximum absolute atomic E-state index is 4.75. The molecule has 0 spiro atoms. The van der Waals surface area contributed by atoms with Gasteiger partial charge in [-0.15, -0.1) is 35.3 Å². The zero-order valence-corrected chi connectivity index (χ0v) is 20.2. The lowest BCUT2D eigenvalue weighted by atomic mass is 10.1. The number of benzene rings is 1. The molecule has 1 heterocycles. The fourth-order valence-corrected chi connectivity index (χ4v) is 3.81. The van der Waals surface area contributed by atoms with E-state index < -0.39 is 0 Å². The third-order valence-corrected chi connectivity index (χ3v) is 5.00. The van der Waals surface area contributed by atoms with Crippen molar-refractivity contribution < 1.29 is 0 Å². The number of nitrogens with zero attached hydrogens (tertiary/aromatic N) is 2. The van der Waals surface area contributed by atoms with Crippen LogP contribution >= 0.6 is 35.3 Å². The highest BCUT2D eigenvalue weighted by Crippen LogP contribution is 2.16. The molecule has 0 aliphatic rings. The van der Waals surface area contributed by atoms with Gasteiger partial charge in [0.1, 0.15) is 0 Å². The lowest BCUT2D eigenvalue weighted by molar-refractivity contribution is 0.402. The van der Waals surface area contributed by atoms with Crippen molar-refractivity contribution in [3.63, 3.8) is 0 Å². The predicted molar refractivity (Wildman–Crippen MR) is 129 cm³/mol. The van der Waals surface area contributed by atoms with E-state index in [2.05, 4.69) is 86.8 Å². The summed E-state index contributed by atoms with van der Waals surface area (Å²) in [4.78, 5) is 9.70. The van der Waals surface area contributed by atoms with Crippen LogP contribution in [-0.2, 0) is 19.5 Å². The number of aliphatic imine (C=N–C) groups is 1. The van der Waals surface area contributed by atoms with Gasteiger partial charge in [0.2, 0.25) is 0 Å². The maximum atomic E-state index is 4.75. The second-order valence-corrected chi connectivity index (χ2v) is 8.38. The molecule has 0 aliphatic carbocycles. The van der Waals surface area contributed by atoms with Crippen LogP contribution in [0, 0.1) is 6.92 Å². The van der Waals surface area contributed by atoms with Crippen molar-refractivity contribution in [2.75, 3.05) is 20.6 Å². The number of guanidine groups is 1. The highest BCUT2D eigenvalue weighted by atomic mass is 127. The molecule has 0 amide bonds. The van der Waals surface area contributed by atoms with Crippen molar-refractivity contribution in [3.8, 4) is 0 Å². The number of hydrogen-bond donors (Lipinski definition) is 2. The highest BCUT2D eigenvalue weighted by molar-refractivity contribution is 14.0. The molecule has 0 bridgehead atoms. The number of hydrogen-bond acceptors (Lipinski definition) is 3. The summed E-state index contributed by atoms with van der Waals surface area (Å²) in [6.07, 6.45) is 1.02. The summed E-state index contributed by atoms with van der Waals surface area (Å²) in [6.45, 7) is 8.97. The Morgan fingerprint density at radius 2 is 1.78 bits per heavy atom. The van der Waals surface area contributed by atoms with E-state index in [0.29, 0.717) is 12.6 Å². The van der Waals surface area contributed by atoms with Crippen LogP contribution in [0.3, 0.4) is 0 Å². The second kappa shape index (κ2) is 12.4. The smallest absolute Gasteiger partial charge is 0.191 e. The van der Waals surface area contributed by atoms with Crippen molar-refractivity contribution >= 4 is 41.3 Å². The summed E-state index contributed by atoms with van der Waals surface area (Å²) < 4.78 is 0. The van der Waals surface area contributed by atoms with E-state index >= 15 is 0 Å². The topological polar surface area (TPSA) is 39.7 Å². The number of rotatable bonds is 8. The van der Waals surface area contributed by atoms with Gasteiger partial charge in [0.15, 0.2) is 5.96 Å². The zero-order valence-electron chi connectivity index (χ0n) is 17.1. The molecule has 2 N–H and O–H groups in total. The van der Waals surface area contributed by atoms with Gasteiger partial charge in [-0.25, -0.2) is 4.99 Å². The summed E-state index contributed by atoms with van der Waals surface area (Å²) in [6, 6.07) is 13.5. The minimum Gasteiger partial charge on any atom is -0.357 e. The van der Waals surface area contributed by atoms with Gasteiger partial charge in [-0.1, -0.05) is 24.3 Å². The van der Waals surface area contributed by atoms with Crippen LogP contribution in [0.5, 0.6) is 0 Å². The van der Waals surface area contributed by atoms with Gasteiger partial charge in [0.25, 0.3) is 0 Å². The first kappa shape index (κ1) is 23.9. The van der Waals surface area contributed by atoms with Crippen LogP contribution in [0.15, 0.2) is 41.4 Å². The molecule has 150 valence electrons. The van der Waals surface area contributed by atoms with Crippen molar-refractivity contribution in [2.45, 2.75) is 46.3 Å². The quantitative estimate of drug-likeness (QED) is 0.320. The van der Waals surface area contributed by atoms with Crippen LogP contribution in [-0.4, -0.2) is 37.5 Å². The normalized spacial score (nSPS) is 12.6. The summed E-state index contributed by atoms with van der Waals surface area (Å²) >= 11 is 1.87. The molecule has 2 rings (SSSR count). The van der Waals surface area contributed by atoms with E-state index in [1.54, 1.807) is 0 Å². The third-order valence-electron chi connectivity index (χ3n) is 3.97. The average Bonchev–Trinajstić information content (AvgIpc) is 2.98. The molecule has 0 saturated heterocycles. The van der Waals surface area contributed by atoms with E-state index in [-0.39, 0.29) is 24.0 Å². The summed E-state index contributed by atoms with van der Waals surface area (Å²) in [7, 11) is 4.18. The zero-order chi connectivity index (χ0) is 18.9. The molecule has 0 radical (unpaired) electrons. The van der Waals surface area contributed by atoms with E-state index in [1.807, 2.05) is 11.3 Å². The number of halogens is 1. The predicted octanol–water partition coefficient (Wildman–Crippen LogP) is 4.42. The van der Waals surface area contributed by atoms with Crippen LogP contribution in [0.1, 0.15) is 34.7 Å². The molecule has 0 fully saturated rings. The molecule has 1 aromatic heterocycles. The lowest BCUT2D eigenvalue weighted by Gasteiger charge is -2.17. The van der Waals surface area contributed by atoms with Gasteiger partial charge < -0.3 is 15.5 Å². The minimum atomic E-state index is 0. The number of nitrogens with one attached hydrogen (secondary N) is 2. The Morgan fingerprint density at radius 1 is 1.11 bits per heavy atom. The van der Waals surface area contributed by atoms with E-state index in [0.717, 1.165) is 25.5 Å². The van der Waals surface area contributed by atoms with E-state index in [1.165, 1.54) is 20.9 Å². The molecule has 1 atom stereocenters. The Morgan fingerprint density at radius 3 is 2.33 bits per heavy atom. The fraction of sp³-hybridized carbons (Fsp3) is 0.476. The van der Waals surface area contributed by atoms with Crippen molar-refractivity contribution in [1.82, 2.24) is 15.5 Å². The van der Waals surface area contributed by atoms with Gasteiger partial charge in [-0.05, 0) is 58.1 Å². The Kier molecular flexibility index (Phi) is 10.9. The lowest BCUT2D eigenvalue weighted by Crippen LogP contribution is -2.43. The van der Waals surface area contributed by atoms with Crippen LogP contribution in [0.4, 0.5) is 0 Å². The molecular weight excluding hydrogens is 467 g/mol. The van der Waals surface area contributed by atoms with Gasteiger partial charge in [-0.2, -0.15) is 0 Å². The van der Waals surface area contributed by atoms with Gasteiger partial charge in [0, 0.05) is 35.3 Å². The van der Waals surface area contributed by atoms with Gasteiger partial charge in [0.05, 0.1) is 6.54 Å². The first-order valence-electron chi connectivity index (χ1n) is 9.29. The van der Waals surface area contributed by atoms with Crippen LogP contribution < -0.4 is 10.6 Å². The van der Waals surface area contributed by atoms with Crippen LogP contribution in [0.2, 0.25) is 0 Å². The van der Waals surface area contributed by atoms with Gasteiger partial charge in [-0.3, -0.25) is 0 Å². The average molecular weight is 500 g/mol. The molecule has 1 aromatic carbocycles. The number of aryl methyl sites for hydroxylation is 1. The standard InChI is InChI=1S/C21H32N4S.HI/c1-6-22-21(24-16(2)13-20-12-7-17(3)26-20)23-14-18-8-10-19(11-9-18)15-25(4)5;/h7-12,16H,6,13-15H2,1-5H3,(H2,22,23,24);1H. The largest absolute Gasteiger partial charge is 0.357 e. The molecule has 1 unspecified atom stereocenters. The molecule has 0 aliphatic heterocycles. The summed E-state index contributed by atoms with van der Waals surface area (Å²) in [5, 5.41) is 6.87. The second-order valence-electron chi connectivity index (χ2n) is 7.01. The van der Waals surface area contributed by atoms with Crippen molar-refractivity contribution in [3.05, 3.63) is 57.3 Å². The molecule has 2 aromatic rings. The Bertz CT molecular complexity index is 694. The summed E-state index contributed by atoms with van der Waals surface area (Å²) in [5.74, 6) is 0.880. The fourth-order valence-electron chi connectivity index (χ4n) is 2.79. The SMILES string of the molecule is CCNC(=NCc1ccc(CN(C)C)cc1)NC(C)Cc1ccc(C)s1.I. The van der Waals surface area contributed by atoms with Crippen LogP contribution in [0.25, 0.3) is 0 Å². The number of thiophene rings is 1. The van der Waals surface area contributed by atoms with E-state index in [9.17, 15) is 0 Å². The Labute approximate surface area is 185 Å². The molecule has 0 saturated carbocycles. The van der Waals surface area contributed by atoms with E-state index in [4.69, 9.17) is 4.99 Å². The first-order valence-corrected chi connectivity index (χ1v) is 10.1. The third kappa shape index (κ3) is 9.08. The first-order chi connectivity index (χ1) is 12.5. The maximum Gasteiger partial charge on any atom is 0.191 e. The monoisotopic (exact) mass is 500 g/mol. The Balaban J connectivity index is 0.00000364. The van der Waals surface area contributed by atoms with Crippen molar-refractivity contribution in [2.24, 2.45) is 4.99 Å². The molecule has 4 nitrogen and oxygen atoms in total. The summed E-state index contributed by atoms with van der Waals surface area (Å²) in [5.41, 5.74) is 2.55. The molecule has 6 heteroatoms. The minimum absolute atomic E-state index is 0. The molecule has 27 heavy (non-hydrogen) atoms. The van der Waals surface area contributed by atoms with Crippen molar-refractivity contribution in [1.29, 1.82) is 0 Å². The van der Waals surface area contributed by atoms with Gasteiger partial charge >= 0.3 is 0 Å². The Hall–Kier alpha value is -1.12. The molecular formula is C21H33IN4S.